The van der Waals surface area contributed by atoms with Gasteiger partial charge in [0.05, 0.1) is 6.26 Å². The molecule has 0 spiro atoms. The van der Waals surface area contributed by atoms with E-state index in [0.29, 0.717) is 0 Å². The van der Waals surface area contributed by atoms with Crippen molar-refractivity contribution in [3.05, 3.63) is 0 Å². The normalized spacial score (nSPS) is 28.0. The molecule has 0 unspecified atom stereocenters. The van der Waals surface area contributed by atoms with Gasteiger partial charge in [-0.2, -0.15) is 4.31 Å². The highest BCUT2D eigenvalue weighted by Crippen LogP contribution is 2.22. The van der Waals surface area contributed by atoms with E-state index in [1.807, 2.05) is 6.92 Å². The molecule has 0 radical (unpaired) electrons. The van der Waals surface area contributed by atoms with Gasteiger partial charge in [0.15, 0.2) is 0 Å². The molecule has 1 heterocycles. The first-order valence-corrected chi connectivity index (χ1v) is 5.37. The molecule has 0 aliphatic carbocycles. The maximum absolute atomic E-state index is 10.9. The maximum Gasteiger partial charge on any atom is 0.211 e. The van der Waals surface area contributed by atoms with Gasteiger partial charge in [-0.1, -0.05) is 6.92 Å². The maximum atomic E-state index is 10.9. The highest BCUT2D eigenvalue weighted by atomic mass is 32.2. The van der Waals surface area contributed by atoms with Gasteiger partial charge < -0.3 is 0 Å². The number of hydrogen-bond acceptors (Lipinski definition) is 2. The lowest BCUT2D eigenvalue weighted by Gasteiger charge is -2.38. The zero-order chi connectivity index (χ0) is 7.78. The molecule has 10 heavy (non-hydrogen) atoms. The lowest BCUT2D eigenvalue weighted by Crippen LogP contribution is -2.49. The van der Waals surface area contributed by atoms with E-state index in [-0.39, 0.29) is 6.04 Å². The van der Waals surface area contributed by atoms with Crippen LogP contribution in [0.2, 0.25) is 0 Å². The van der Waals surface area contributed by atoms with E-state index in [1.165, 1.54) is 6.26 Å². The Kier molecular flexibility index (Phi) is 2.01. The van der Waals surface area contributed by atoms with E-state index in [1.54, 1.807) is 4.31 Å². The highest BCUT2D eigenvalue weighted by molar-refractivity contribution is 7.88. The van der Waals surface area contributed by atoms with Crippen LogP contribution in [0.5, 0.6) is 0 Å². The second kappa shape index (κ2) is 2.51. The molecule has 60 valence electrons. The van der Waals surface area contributed by atoms with Gasteiger partial charge in [0, 0.05) is 12.6 Å². The summed E-state index contributed by atoms with van der Waals surface area (Å²) in [6, 6.07) is 0.287. The fraction of sp³-hybridized carbons (Fsp3) is 1.00. The second-order valence-electron chi connectivity index (χ2n) is 2.72. The summed E-state index contributed by atoms with van der Waals surface area (Å²) < 4.78 is 23.4. The third-order valence-electron chi connectivity index (χ3n) is 1.99. The van der Waals surface area contributed by atoms with E-state index < -0.39 is 10.0 Å². The summed E-state index contributed by atoms with van der Waals surface area (Å²) in [6.45, 7) is 2.74. The van der Waals surface area contributed by atoms with Gasteiger partial charge in [0.2, 0.25) is 10.0 Å². The molecule has 0 aromatic heterocycles. The van der Waals surface area contributed by atoms with E-state index in [9.17, 15) is 8.42 Å². The third-order valence-corrected chi connectivity index (χ3v) is 3.32. The summed E-state index contributed by atoms with van der Waals surface area (Å²) in [7, 11) is -2.89. The number of nitrogens with zero attached hydrogens (tertiary/aromatic N) is 1. The zero-order valence-corrected chi connectivity index (χ0v) is 7.19. The van der Waals surface area contributed by atoms with E-state index in [2.05, 4.69) is 0 Å². The quantitative estimate of drug-likeness (QED) is 0.592. The molecule has 0 bridgehead atoms. The number of sulfonamides is 1. The molecule has 1 aliphatic rings. The van der Waals surface area contributed by atoms with E-state index in [0.717, 1.165) is 19.4 Å². The van der Waals surface area contributed by atoms with Crippen molar-refractivity contribution in [1.29, 1.82) is 0 Å². The lowest BCUT2D eigenvalue weighted by atomic mass is 10.1. The van der Waals surface area contributed by atoms with Crippen molar-refractivity contribution in [3.8, 4) is 0 Å². The molecule has 0 N–H and O–H groups in total. The molecule has 4 heteroatoms. The minimum Gasteiger partial charge on any atom is -0.212 e. The Balaban J connectivity index is 2.60. The van der Waals surface area contributed by atoms with Gasteiger partial charge >= 0.3 is 0 Å². The minimum atomic E-state index is -2.89. The molecule has 1 rings (SSSR count). The molecule has 1 saturated heterocycles. The van der Waals surface area contributed by atoms with Gasteiger partial charge in [0.1, 0.15) is 0 Å². The van der Waals surface area contributed by atoms with Gasteiger partial charge in [-0.05, 0) is 12.8 Å². The summed E-state index contributed by atoms with van der Waals surface area (Å²) in [6.07, 6.45) is 3.24. The summed E-state index contributed by atoms with van der Waals surface area (Å²) >= 11 is 0. The SMILES string of the molecule is CC[C@H]1CCN1S(C)(=O)=O. The molecule has 3 nitrogen and oxygen atoms in total. The topological polar surface area (TPSA) is 37.4 Å². The van der Waals surface area contributed by atoms with Crippen LogP contribution in [0.25, 0.3) is 0 Å². The molecule has 0 aromatic rings. The Labute approximate surface area is 62.1 Å². The van der Waals surface area contributed by atoms with Crippen molar-refractivity contribution >= 4 is 10.0 Å². The molecule has 0 aromatic carbocycles. The number of rotatable bonds is 2. The molecule has 1 fully saturated rings. The fourth-order valence-electron chi connectivity index (χ4n) is 1.26. The molecular formula is C6H13NO2S. The smallest absolute Gasteiger partial charge is 0.211 e. The summed E-state index contributed by atoms with van der Waals surface area (Å²) in [4.78, 5) is 0. The van der Waals surface area contributed by atoms with Crippen molar-refractivity contribution in [2.75, 3.05) is 12.8 Å². The summed E-state index contributed by atoms with van der Waals surface area (Å²) in [5.41, 5.74) is 0. The molecule has 0 saturated carbocycles. The number of hydrogen-bond donors (Lipinski definition) is 0. The molecular weight excluding hydrogens is 150 g/mol. The van der Waals surface area contributed by atoms with Crippen LogP contribution in [0.1, 0.15) is 19.8 Å². The monoisotopic (exact) mass is 163 g/mol. The van der Waals surface area contributed by atoms with Gasteiger partial charge in [-0.25, -0.2) is 8.42 Å². The van der Waals surface area contributed by atoms with Crippen LogP contribution >= 0.6 is 0 Å². The second-order valence-corrected chi connectivity index (χ2v) is 4.66. The van der Waals surface area contributed by atoms with Crippen LogP contribution in [-0.4, -0.2) is 31.6 Å². The lowest BCUT2D eigenvalue weighted by molar-refractivity contribution is 0.195. The zero-order valence-electron chi connectivity index (χ0n) is 6.37. The van der Waals surface area contributed by atoms with Crippen LogP contribution in [0.3, 0.4) is 0 Å². The Morgan fingerprint density at radius 3 is 2.30 bits per heavy atom. The summed E-state index contributed by atoms with van der Waals surface area (Å²) in [5, 5.41) is 0. The third kappa shape index (κ3) is 1.32. The largest absolute Gasteiger partial charge is 0.212 e. The highest BCUT2D eigenvalue weighted by Gasteiger charge is 2.32. The van der Waals surface area contributed by atoms with Crippen molar-refractivity contribution < 1.29 is 8.42 Å². The Bertz CT molecular complexity index is 208. The average Bonchev–Trinajstić information content (AvgIpc) is 1.57. The first kappa shape index (κ1) is 8.01. The van der Waals surface area contributed by atoms with Crippen molar-refractivity contribution in [1.82, 2.24) is 4.31 Å². The molecule has 1 aliphatic heterocycles. The Morgan fingerprint density at radius 1 is 1.60 bits per heavy atom. The van der Waals surface area contributed by atoms with Crippen LogP contribution in [0, 0.1) is 0 Å². The molecule has 1 atom stereocenters. The van der Waals surface area contributed by atoms with E-state index >= 15 is 0 Å². The first-order chi connectivity index (χ1) is 4.55. The molecule has 0 amide bonds. The predicted octanol–water partition coefficient (Wildman–Crippen LogP) is 0.430. The Morgan fingerprint density at radius 2 is 2.20 bits per heavy atom. The van der Waals surface area contributed by atoms with Crippen molar-refractivity contribution in [3.63, 3.8) is 0 Å². The van der Waals surface area contributed by atoms with E-state index in [4.69, 9.17) is 0 Å². The van der Waals surface area contributed by atoms with Gasteiger partial charge in [-0.15, -0.1) is 0 Å². The van der Waals surface area contributed by atoms with Crippen molar-refractivity contribution in [2.45, 2.75) is 25.8 Å². The predicted molar refractivity (Wildman–Crippen MR) is 40.2 cm³/mol. The van der Waals surface area contributed by atoms with Crippen molar-refractivity contribution in [2.24, 2.45) is 0 Å². The average molecular weight is 163 g/mol. The van der Waals surface area contributed by atoms with Crippen LogP contribution in [0.15, 0.2) is 0 Å². The standard InChI is InChI=1S/C6H13NO2S/c1-3-6-4-5-7(6)10(2,8)9/h6H,3-5H2,1-2H3/t6-/m0/s1. The minimum absolute atomic E-state index is 0.287. The van der Waals surface area contributed by atoms with Crippen LogP contribution in [-0.2, 0) is 10.0 Å². The first-order valence-electron chi connectivity index (χ1n) is 3.52. The summed E-state index contributed by atoms with van der Waals surface area (Å²) in [5.74, 6) is 0. The van der Waals surface area contributed by atoms with Crippen LogP contribution < -0.4 is 0 Å². The van der Waals surface area contributed by atoms with Gasteiger partial charge in [0.25, 0.3) is 0 Å². The fourth-order valence-corrected chi connectivity index (χ4v) is 2.49. The van der Waals surface area contributed by atoms with Gasteiger partial charge in [-0.3, -0.25) is 0 Å². The Hall–Kier alpha value is -0.0900. The van der Waals surface area contributed by atoms with Crippen LogP contribution in [0.4, 0.5) is 0 Å².